The quantitative estimate of drug-likeness (QED) is 0.715. The number of aromatic nitrogens is 1. The lowest BCUT2D eigenvalue weighted by Crippen LogP contribution is -2.11. The van der Waals surface area contributed by atoms with E-state index >= 15 is 0 Å². The number of hydrogen-bond donors (Lipinski definition) is 2. The predicted molar refractivity (Wildman–Crippen MR) is 89.7 cm³/mol. The van der Waals surface area contributed by atoms with Crippen molar-refractivity contribution in [2.75, 3.05) is 21.3 Å². The number of benzene rings is 2. The van der Waals surface area contributed by atoms with Crippen LogP contribution >= 0.6 is 0 Å². The SMILES string of the molecule is COc1c(OC)c(OC)c2c(c1O)c(=O)c1cc(O)ccc1n2C. The van der Waals surface area contributed by atoms with E-state index in [1.165, 1.54) is 33.5 Å². The fourth-order valence-electron chi connectivity index (χ4n) is 3.01. The van der Waals surface area contributed by atoms with E-state index in [0.717, 1.165) is 0 Å². The van der Waals surface area contributed by atoms with Gasteiger partial charge in [0.15, 0.2) is 11.5 Å². The molecule has 0 radical (unpaired) electrons. The van der Waals surface area contributed by atoms with E-state index < -0.39 is 5.43 Å². The molecule has 0 saturated heterocycles. The van der Waals surface area contributed by atoms with Gasteiger partial charge in [0.25, 0.3) is 0 Å². The van der Waals surface area contributed by atoms with Crippen molar-refractivity contribution in [3.63, 3.8) is 0 Å². The predicted octanol–water partition coefficient (Wildman–Crippen LogP) is 2.13. The van der Waals surface area contributed by atoms with Crippen LogP contribution in [0.1, 0.15) is 0 Å². The number of rotatable bonds is 3. The number of phenols is 2. The lowest BCUT2D eigenvalue weighted by molar-refractivity contribution is 0.313. The van der Waals surface area contributed by atoms with Gasteiger partial charge in [-0.15, -0.1) is 0 Å². The topological polar surface area (TPSA) is 90.2 Å². The molecule has 0 atom stereocenters. The Bertz CT molecular complexity index is 1020. The molecule has 3 aromatic rings. The standard InChI is InChI=1S/C17H17NO6/c1-18-10-6-5-8(19)7-9(10)13(20)11-12(18)15(22-2)17(24-4)16(23-3)14(11)21/h5-7,19,21H,1-4H3. The third-order valence-electron chi connectivity index (χ3n) is 4.08. The maximum atomic E-state index is 12.9. The number of fused-ring (bicyclic) bond motifs is 2. The van der Waals surface area contributed by atoms with Gasteiger partial charge in [0.2, 0.25) is 16.9 Å². The zero-order valence-electron chi connectivity index (χ0n) is 13.7. The second-order valence-electron chi connectivity index (χ2n) is 5.26. The molecule has 0 spiro atoms. The van der Waals surface area contributed by atoms with Gasteiger partial charge < -0.3 is 29.0 Å². The number of methoxy groups -OCH3 is 3. The van der Waals surface area contributed by atoms with Crippen molar-refractivity contribution in [1.29, 1.82) is 0 Å². The van der Waals surface area contributed by atoms with Gasteiger partial charge in [0.1, 0.15) is 11.3 Å². The van der Waals surface area contributed by atoms with Crippen molar-refractivity contribution >= 4 is 21.8 Å². The monoisotopic (exact) mass is 331 g/mol. The second kappa shape index (κ2) is 5.52. The van der Waals surface area contributed by atoms with E-state index in [2.05, 4.69) is 0 Å². The molecule has 1 aromatic heterocycles. The molecule has 24 heavy (non-hydrogen) atoms. The van der Waals surface area contributed by atoms with Crippen LogP contribution in [-0.2, 0) is 7.05 Å². The Morgan fingerprint density at radius 1 is 0.958 bits per heavy atom. The van der Waals surface area contributed by atoms with Gasteiger partial charge >= 0.3 is 0 Å². The minimum Gasteiger partial charge on any atom is -0.508 e. The molecule has 0 bridgehead atoms. The average Bonchev–Trinajstić information content (AvgIpc) is 2.58. The summed E-state index contributed by atoms with van der Waals surface area (Å²) in [5.41, 5.74) is 0.511. The summed E-state index contributed by atoms with van der Waals surface area (Å²) < 4.78 is 17.6. The molecular formula is C17H17NO6. The van der Waals surface area contributed by atoms with Crippen LogP contribution in [0.25, 0.3) is 21.8 Å². The Morgan fingerprint density at radius 2 is 1.58 bits per heavy atom. The first-order chi connectivity index (χ1) is 11.5. The number of ether oxygens (including phenoxy) is 3. The average molecular weight is 331 g/mol. The van der Waals surface area contributed by atoms with Gasteiger partial charge in [-0.2, -0.15) is 0 Å². The molecule has 2 aromatic carbocycles. The van der Waals surface area contributed by atoms with Crippen LogP contribution in [0.4, 0.5) is 0 Å². The van der Waals surface area contributed by atoms with E-state index in [1.807, 2.05) is 0 Å². The summed E-state index contributed by atoms with van der Waals surface area (Å²) >= 11 is 0. The number of phenolic OH excluding ortho intramolecular Hbond substituents is 2. The molecule has 0 aliphatic carbocycles. The highest BCUT2D eigenvalue weighted by Gasteiger charge is 2.26. The first-order valence-electron chi connectivity index (χ1n) is 7.12. The van der Waals surface area contributed by atoms with Crippen LogP contribution in [0.3, 0.4) is 0 Å². The lowest BCUT2D eigenvalue weighted by Gasteiger charge is -2.19. The minimum absolute atomic E-state index is 0.0125. The van der Waals surface area contributed by atoms with Gasteiger partial charge in [-0.1, -0.05) is 0 Å². The highest BCUT2D eigenvalue weighted by Crippen LogP contribution is 2.49. The summed E-state index contributed by atoms with van der Waals surface area (Å²) in [5, 5.41) is 20.6. The van der Waals surface area contributed by atoms with Gasteiger partial charge in [0.05, 0.1) is 37.6 Å². The van der Waals surface area contributed by atoms with E-state index in [4.69, 9.17) is 14.2 Å². The van der Waals surface area contributed by atoms with Crippen LogP contribution in [0.15, 0.2) is 23.0 Å². The van der Waals surface area contributed by atoms with Crippen LogP contribution in [0, 0.1) is 0 Å². The zero-order valence-corrected chi connectivity index (χ0v) is 13.7. The maximum Gasteiger partial charge on any atom is 0.209 e. The van der Waals surface area contributed by atoms with Crippen LogP contribution in [0.2, 0.25) is 0 Å². The number of aryl methyl sites for hydroxylation is 1. The van der Waals surface area contributed by atoms with Crippen molar-refractivity contribution in [3.05, 3.63) is 28.4 Å². The maximum absolute atomic E-state index is 12.9. The smallest absolute Gasteiger partial charge is 0.209 e. The summed E-state index contributed by atoms with van der Waals surface area (Å²) in [6.07, 6.45) is 0. The third kappa shape index (κ3) is 1.94. The van der Waals surface area contributed by atoms with E-state index in [1.54, 1.807) is 17.7 Å². The summed E-state index contributed by atoms with van der Waals surface area (Å²) in [7, 11) is 5.96. The summed E-state index contributed by atoms with van der Waals surface area (Å²) in [6.45, 7) is 0. The van der Waals surface area contributed by atoms with Crippen LogP contribution in [-0.4, -0.2) is 36.1 Å². The molecular weight excluding hydrogens is 314 g/mol. The Hall–Kier alpha value is -3.09. The van der Waals surface area contributed by atoms with Crippen molar-refractivity contribution in [2.45, 2.75) is 0 Å². The zero-order chi connectivity index (χ0) is 17.6. The number of hydrogen-bond acceptors (Lipinski definition) is 6. The van der Waals surface area contributed by atoms with Crippen molar-refractivity contribution in [3.8, 4) is 28.7 Å². The Morgan fingerprint density at radius 3 is 2.17 bits per heavy atom. The third-order valence-corrected chi connectivity index (χ3v) is 4.08. The second-order valence-corrected chi connectivity index (χ2v) is 5.26. The number of nitrogens with zero attached hydrogens (tertiary/aromatic N) is 1. The number of pyridine rings is 1. The molecule has 0 saturated carbocycles. The first kappa shape index (κ1) is 15.8. The lowest BCUT2D eigenvalue weighted by atomic mass is 10.1. The van der Waals surface area contributed by atoms with Crippen molar-refractivity contribution in [1.82, 2.24) is 4.57 Å². The van der Waals surface area contributed by atoms with Gasteiger partial charge in [-0.25, -0.2) is 0 Å². The van der Waals surface area contributed by atoms with Crippen LogP contribution in [0.5, 0.6) is 28.7 Å². The molecule has 0 aliphatic heterocycles. The van der Waals surface area contributed by atoms with E-state index in [0.29, 0.717) is 11.0 Å². The van der Waals surface area contributed by atoms with Gasteiger partial charge in [-0.05, 0) is 18.2 Å². The van der Waals surface area contributed by atoms with Crippen molar-refractivity contribution < 1.29 is 24.4 Å². The Labute approximate surface area is 137 Å². The first-order valence-corrected chi connectivity index (χ1v) is 7.12. The molecule has 0 fully saturated rings. The molecule has 7 heteroatoms. The molecule has 0 unspecified atom stereocenters. The van der Waals surface area contributed by atoms with Gasteiger partial charge in [0, 0.05) is 7.05 Å². The van der Waals surface area contributed by atoms with Gasteiger partial charge in [-0.3, -0.25) is 4.79 Å². The molecule has 3 rings (SSSR count). The molecule has 1 heterocycles. The summed E-state index contributed by atoms with van der Waals surface area (Å²) in [6, 6.07) is 4.47. The number of aromatic hydroxyl groups is 2. The highest BCUT2D eigenvalue weighted by atomic mass is 16.5. The normalized spacial score (nSPS) is 11.0. The van der Waals surface area contributed by atoms with Crippen molar-refractivity contribution in [2.24, 2.45) is 7.05 Å². The van der Waals surface area contributed by atoms with Crippen LogP contribution < -0.4 is 19.6 Å². The molecule has 0 aliphatic rings. The fraction of sp³-hybridized carbons (Fsp3) is 0.235. The summed E-state index contributed by atoms with van der Waals surface area (Å²) in [5.74, 6) is 0.107. The molecule has 126 valence electrons. The molecule has 0 amide bonds. The minimum atomic E-state index is -0.439. The highest BCUT2D eigenvalue weighted by molar-refractivity contribution is 6.02. The summed E-state index contributed by atoms with van der Waals surface area (Å²) in [4.78, 5) is 12.9. The Kier molecular flexibility index (Phi) is 3.63. The largest absolute Gasteiger partial charge is 0.508 e. The van der Waals surface area contributed by atoms with E-state index in [-0.39, 0.29) is 39.5 Å². The van der Waals surface area contributed by atoms with E-state index in [9.17, 15) is 15.0 Å². The fourth-order valence-corrected chi connectivity index (χ4v) is 3.01. The molecule has 2 N–H and O–H groups in total. The molecule has 7 nitrogen and oxygen atoms in total. The Balaban J connectivity index is 2.71.